The summed E-state index contributed by atoms with van der Waals surface area (Å²) in [6.07, 6.45) is 2.42. The first-order valence-corrected chi connectivity index (χ1v) is 8.04. The Morgan fingerprint density at radius 2 is 1.80 bits per heavy atom. The van der Waals surface area contributed by atoms with Crippen molar-refractivity contribution in [2.45, 2.75) is 60.0 Å². The maximum atomic E-state index is 3.22. The molecule has 1 rings (SSSR count). The first-order chi connectivity index (χ1) is 9.53. The summed E-state index contributed by atoms with van der Waals surface area (Å²) in [5.74, 6) is 0.687. The third-order valence-corrected chi connectivity index (χ3v) is 3.90. The standard InChI is InChI=1S/C18H32N2/c1-7-17(8-2)20(13-14(3)4)18-10-9-16(12-19-6)11-15(18)5/h9-11,14,17,19H,7-8,12-13H2,1-6H3. The van der Waals surface area contributed by atoms with Crippen molar-refractivity contribution in [3.63, 3.8) is 0 Å². The Labute approximate surface area is 125 Å². The van der Waals surface area contributed by atoms with Gasteiger partial charge in [-0.25, -0.2) is 0 Å². The average molecular weight is 276 g/mol. The molecule has 0 fully saturated rings. The van der Waals surface area contributed by atoms with Crippen LogP contribution in [0.25, 0.3) is 0 Å². The van der Waals surface area contributed by atoms with Gasteiger partial charge in [0.05, 0.1) is 0 Å². The van der Waals surface area contributed by atoms with E-state index in [4.69, 9.17) is 0 Å². The molecular weight excluding hydrogens is 244 g/mol. The van der Waals surface area contributed by atoms with Crippen LogP contribution in [0.3, 0.4) is 0 Å². The van der Waals surface area contributed by atoms with Gasteiger partial charge in [-0.1, -0.05) is 39.8 Å². The lowest BCUT2D eigenvalue weighted by Crippen LogP contribution is -2.37. The van der Waals surface area contributed by atoms with Gasteiger partial charge in [0.2, 0.25) is 0 Å². The quantitative estimate of drug-likeness (QED) is 0.758. The van der Waals surface area contributed by atoms with Crippen LogP contribution in [0.15, 0.2) is 18.2 Å². The molecule has 2 heteroatoms. The lowest BCUT2D eigenvalue weighted by atomic mass is 10.0. The number of hydrogen-bond acceptors (Lipinski definition) is 2. The molecular formula is C18H32N2. The van der Waals surface area contributed by atoms with Gasteiger partial charge in [-0.05, 0) is 49.9 Å². The Bertz CT molecular complexity index is 394. The minimum atomic E-state index is 0.645. The topological polar surface area (TPSA) is 15.3 Å². The third kappa shape index (κ3) is 4.52. The molecule has 2 nitrogen and oxygen atoms in total. The smallest absolute Gasteiger partial charge is 0.0398 e. The van der Waals surface area contributed by atoms with Gasteiger partial charge in [-0.2, -0.15) is 0 Å². The van der Waals surface area contributed by atoms with Crippen LogP contribution in [0, 0.1) is 12.8 Å². The molecule has 0 aliphatic rings. The van der Waals surface area contributed by atoms with E-state index in [-0.39, 0.29) is 0 Å². The van der Waals surface area contributed by atoms with Crippen molar-refractivity contribution in [2.24, 2.45) is 5.92 Å². The average Bonchev–Trinajstić information content (AvgIpc) is 2.39. The fourth-order valence-electron chi connectivity index (χ4n) is 2.92. The van der Waals surface area contributed by atoms with Crippen molar-refractivity contribution in [3.8, 4) is 0 Å². The largest absolute Gasteiger partial charge is 0.368 e. The highest BCUT2D eigenvalue weighted by Gasteiger charge is 2.18. The van der Waals surface area contributed by atoms with Crippen LogP contribution in [0.5, 0.6) is 0 Å². The van der Waals surface area contributed by atoms with Crippen LogP contribution in [0.4, 0.5) is 5.69 Å². The van der Waals surface area contributed by atoms with Crippen molar-refractivity contribution < 1.29 is 0 Å². The maximum absolute atomic E-state index is 3.22. The second-order valence-corrected chi connectivity index (χ2v) is 6.17. The van der Waals surface area contributed by atoms with Gasteiger partial charge in [0.25, 0.3) is 0 Å². The van der Waals surface area contributed by atoms with Crippen LogP contribution >= 0.6 is 0 Å². The molecule has 0 heterocycles. The molecule has 0 aromatic heterocycles. The molecule has 0 spiro atoms. The lowest BCUT2D eigenvalue weighted by molar-refractivity contribution is 0.507. The first kappa shape index (κ1) is 17.0. The highest BCUT2D eigenvalue weighted by Crippen LogP contribution is 2.26. The SMILES string of the molecule is CCC(CC)N(CC(C)C)c1ccc(CNC)cc1C. The molecule has 0 bridgehead atoms. The van der Waals surface area contributed by atoms with E-state index in [0.717, 1.165) is 13.1 Å². The van der Waals surface area contributed by atoms with Crippen molar-refractivity contribution in [2.75, 3.05) is 18.5 Å². The van der Waals surface area contributed by atoms with Crippen LogP contribution in [0.1, 0.15) is 51.7 Å². The second-order valence-electron chi connectivity index (χ2n) is 6.17. The van der Waals surface area contributed by atoms with Gasteiger partial charge < -0.3 is 10.2 Å². The molecule has 1 aromatic carbocycles. The molecule has 1 N–H and O–H groups in total. The molecule has 20 heavy (non-hydrogen) atoms. The monoisotopic (exact) mass is 276 g/mol. The van der Waals surface area contributed by atoms with E-state index < -0.39 is 0 Å². The van der Waals surface area contributed by atoms with Gasteiger partial charge in [0.1, 0.15) is 0 Å². The van der Waals surface area contributed by atoms with Crippen molar-refractivity contribution in [1.29, 1.82) is 0 Å². The van der Waals surface area contributed by atoms with Gasteiger partial charge in [-0.15, -0.1) is 0 Å². The number of nitrogens with one attached hydrogen (secondary N) is 1. The molecule has 114 valence electrons. The Kier molecular flexibility index (Phi) is 7.08. The maximum Gasteiger partial charge on any atom is 0.0398 e. The van der Waals surface area contributed by atoms with Crippen LogP contribution in [0.2, 0.25) is 0 Å². The number of rotatable bonds is 8. The van der Waals surface area contributed by atoms with Crippen molar-refractivity contribution in [1.82, 2.24) is 5.32 Å². The summed E-state index contributed by atoms with van der Waals surface area (Å²) in [5, 5.41) is 3.22. The molecule has 1 aromatic rings. The van der Waals surface area contributed by atoms with E-state index >= 15 is 0 Å². The zero-order valence-corrected chi connectivity index (χ0v) is 14.2. The zero-order chi connectivity index (χ0) is 15.1. The molecule has 0 aliphatic heterocycles. The van der Waals surface area contributed by atoms with E-state index in [1.807, 2.05) is 7.05 Å². The van der Waals surface area contributed by atoms with Crippen LogP contribution in [-0.2, 0) is 6.54 Å². The molecule has 0 saturated carbocycles. The number of nitrogens with zero attached hydrogens (tertiary/aromatic N) is 1. The number of anilines is 1. The van der Waals surface area contributed by atoms with Crippen LogP contribution < -0.4 is 10.2 Å². The molecule has 0 aliphatic carbocycles. The zero-order valence-electron chi connectivity index (χ0n) is 14.2. The predicted octanol–water partition coefficient (Wildman–Crippen LogP) is 4.37. The Morgan fingerprint density at radius 1 is 1.15 bits per heavy atom. The minimum absolute atomic E-state index is 0.645. The van der Waals surface area contributed by atoms with E-state index in [9.17, 15) is 0 Å². The van der Waals surface area contributed by atoms with Gasteiger partial charge >= 0.3 is 0 Å². The van der Waals surface area contributed by atoms with Gasteiger partial charge in [0.15, 0.2) is 0 Å². The van der Waals surface area contributed by atoms with Crippen LogP contribution in [-0.4, -0.2) is 19.6 Å². The third-order valence-electron chi connectivity index (χ3n) is 3.90. The Balaban J connectivity index is 3.06. The first-order valence-electron chi connectivity index (χ1n) is 8.04. The number of benzene rings is 1. The highest BCUT2D eigenvalue weighted by molar-refractivity contribution is 5.55. The number of hydrogen-bond donors (Lipinski definition) is 1. The van der Waals surface area contributed by atoms with Gasteiger partial charge in [0, 0.05) is 24.8 Å². The number of aryl methyl sites for hydroxylation is 1. The Hall–Kier alpha value is -1.02. The van der Waals surface area contributed by atoms with Crippen molar-refractivity contribution >= 4 is 5.69 Å². The molecule has 0 saturated heterocycles. The Morgan fingerprint density at radius 3 is 2.25 bits per heavy atom. The van der Waals surface area contributed by atoms with E-state index in [1.165, 1.54) is 29.7 Å². The summed E-state index contributed by atoms with van der Waals surface area (Å²) >= 11 is 0. The van der Waals surface area contributed by atoms with E-state index in [2.05, 4.69) is 63.0 Å². The summed E-state index contributed by atoms with van der Waals surface area (Å²) < 4.78 is 0. The lowest BCUT2D eigenvalue weighted by Gasteiger charge is -2.35. The highest BCUT2D eigenvalue weighted by atomic mass is 15.2. The molecule has 0 radical (unpaired) electrons. The fraction of sp³-hybridized carbons (Fsp3) is 0.667. The minimum Gasteiger partial charge on any atom is -0.368 e. The summed E-state index contributed by atoms with van der Waals surface area (Å²) in [6.45, 7) is 13.5. The molecule has 0 unspecified atom stereocenters. The summed E-state index contributed by atoms with van der Waals surface area (Å²) in [7, 11) is 2.00. The van der Waals surface area contributed by atoms with Gasteiger partial charge in [-0.3, -0.25) is 0 Å². The summed E-state index contributed by atoms with van der Waals surface area (Å²) in [6, 6.07) is 7.53. The fourth-order valence-corrected chi connectivity index (χ4v) is 2.92. The summed E-state index contributed by atoms with van der Waals surface area (Å²) in [5.41, 5.74) is 4.17. The van der Waals surface area contributed by atoms with E-state index in [0.29, 0.717) is 12.0 Å². The van der Waals surface area contributed by atoms with E-state index in [1.54, 1.807) is 0 Å². The molecule has 0 atom stereocenters. The second kappa shape index (κ2) is 8.31. The van der Waals surface area contributed by atoms with Crippen molar-refractivity contribution in [3.05, 3.63) is 29.3 Å². The molecule has 0 amide bonds. The normalized spacial score (nSPS) is 11.4. The summed E-state index contributed by atoms with van der Waals surface area (Å²) in [4.78, 5) is 2.61. The predicted molar refractivity (Wildman–Crippen MR) is 90.5 cm³/mol.